The van der Waals surface area contributed by atoms with Crippen molar-refractivity contribution in [2.45, 2.75) is 6.92 Å². The standard InChI is InChI=1S/C26H25ClN4O6/c1-3-36-21-7-5-4-6-20(21)30-25(33)26(34)31-28-15-17-8-13-22(23(14-17)35-2)37-16-24(32)29-19-11-9-18(27)10-12-19/h4-15H,3,16H2,1-2H3,(H,29,32)(H,30,33)(H,31,34)/b28-15-. The minimum absolute atomic E-state index is 0.246. The molecule has 0 saturated heterocycles. The number of rotatable bonds is 10. The van der Waals surface area contributed by atoms with Crippen LogP contribution in [0.5, 0.6) is 17.2 Å². The van der Waals surface area contributed by atoms with E-state index < -0.39 is 11.8 Å². The molecule has 11 heteroatoms. The number of hydrogen-bond donors (Lipinski definition) is 3. The Morgan fingerprint density at radius 1 is 0.892 bits per heavy atom. The highest BCUT2D eigenvalue weighted by molar-refractivity contribution is 6.39. The number of para-hydroxylation sites is 2. The van der Waals surface area contributed by atoms with Gasteiger partial charge in [0.25, 0.3) is 5.91 Å². The van der Waals surface area contributed by atoms with Crippen LogP contribution < -0.4 is 30.3 Å². The molecule has 0 aliphatic heterocycles. The number of ether oxygens (including phenoxy) is 3. The summed E-state index contributed by atoms with van der Waals surface area (Å²) in [6.07, 6.45) is 1.33. The van der Waals surface area contributed by atoms with E-state index in [1.165, 1.54) is 13.3 Å². The topological polar surface area (TPSA) is 127 Å². The lowest BCUT2D eigenvalue weighted by Gasteiger charge is -2.11. The van der Waals surface area contributed by atoms with E-state index in [0.717, 1.165) is 0 Å². The van der Waals surface area contributed by atoms with Crippen molar-refractivity contribution in [1.82, 2.24) is 5.43 Å². The van der Waals surface area contributed by atoms with Crippen molar-refractivity contribution in [3.8, 4) is 17.2 Å². The third kappa shape index (κ3) is 8.25. The van der Waals surface area contributed by atoms with Gasteiger partial charge in [0, 0.05) is 10.7 Å². The Kier molecular flexibility index (Phi) is 9.86. The minimum Gasteiger partial charge on any atom is -0.493 e. The van der Waals surface area contributed by atoms with Gasteiger partial charge in [-0.05, 0) is 67.1 Å². The molecule has 37 heavy (non-hydrogen) atoms. The summed E-state index contributed by atoms with van der Waals surface area (Å²) in [6, 6.07) is 18.3. The second-order valence-electron chi connectivity index (χ2n) is 7.34. The van der Waals surface area contributed by atoms with Crippen LogP contribution in [0.4, 0.5) is 11.4 Å². The first-order valence-electron chi connectivity index (χ1n) is 11.1. The number of anilines is 2. The molecule has 3 amide bonds. The Labute approximate surface area is 218 Å². The number of carbonyl (C=O) groups is 3. The van der Waals surface area contributed by atoms with E-state index in [0.29, 0.717) is 45.8 Å². The number of amides is 3. The third-order valence-electron chi connectivity index (χ3n) is 4.70. The number of nitrogens with one attached hydrogen (secondary N) is 3. The Morgan fingerprint density at radius 3 is 2.38 bits per heavy atom. The number of nitrogens with zero attached hydrogens (tertiary/aromatic N) is 1. The van der Waals surface area contributed by atoms with E-state index >= 15 is 0 Å². The van der Waals surface area contributed by atoms with Gasteiger partial charge in [0.15, 0.2) is 18.1 Å². The fourth-order valence-electron chi connectivity index (χ4n) is 3.00. The molecule has 0 spiro atoms. The first-order chi connectivity index (χ1) is 17.9. The average molecular weight is 525 g/mol. The van der Waals surface area contributed by atoms with Crippen LogP contribution in [-0.4, -0.2) is 44.3 Å². The van der Waals surface area contributed by atoms with E-state index in [4.69, 9.17) is 25.8 Å². The van der Waals surface area contributed by atoms with Crippen molar-refractivity contribution in [1.29, 1.82) is 0 Å². The second kappa shape index (κ2) is 13.5. The van der Waals surface area contributed by atoms with Gasteiger partial charge in [0.2, 0.25) is 0 Å². The van der Waals surface area contributed by atoms with Gasteiger partial charge in [-0.15, -0.1) is 0 Å². The lowest BCUT2D eigenvalue weighted by Crippen LogP contribution is -2.32. The highest BCUT2D eigenvalue weighted by Gasteiger charge is 2.15. The first-order valence-corrected chi connectivity index (χ1v) is 11.5. The van der Waals surface area contributed by atoms with E-state index in [1.807, 2.05) is 6.92 Å². The quantitative estimate of drug-likeness (QED) is 0.210. The lowest BCUT2D eigenvalue weighted by molar-refractivity contribution is -0.136. The van der Waals surface area contributed by atoms with Gasteiger partial charge in [-0.2, -0.15) is 5.10 Å². The summed E-state index contributed by atoms with van der Waals surface area (Å²) in [4.78, 5) is 36.5. The molecule has 10 nitrogen and oxygen atoms in total. The highest BCUT2D eigenvalue weighted by Crippen LogP contribution is 2.27. The van der Waals surface area contributed by atoms with Crippen LogP contribution >= 0.6 is 11.6 Å². The van der Waals surface area contributed by atoms with Crippen molar-refractivity contribution < 1.29 is 28.6 Å². The van der Waals surface area contributed by atoms with Crippen LogP contribution in [0.15, 0.2) is 71.8 Å². The van der Waals surface area contributed by atoms with Gasteiger partial charge in [0.05, 0.1) is 25.6 Å². The summed E-state index contributed by atoms with van der Waals surface area (Å²) in [5.41, 5.74) is 3.68. The van der Waals surface area contributed by atoms with E-state index in [-0.39, 0.29) is 12.5 Å². The van der Waals surface area contributed by atoms with E-state index in [1.54, 1.807) is 66.7 Å². The zero-order chi connectivity index (χ0) is 26.6. The molecule has 0 aliphatic carbocycles. The predicted molar refractivity (Wildman–Crippen MR) is 141 cm³/mol. The molecule has 3 rings (SSSR count). The molecule has 3 aromatic carbocycles. The molecule has 0 heterocycles. The summed E-state index contributed by atoms with van der Waals surface area (Å²) in [5.74, 6) is -1.09. The fraction of sp³-hybridized carbons (Fsp3) is 0.154. The average Bonchev–Trinajstić information content (AvgIpc) is 2.90. The molecule has 0 fully saturated rings. The van der Waals surface area contributed by atoms with Crippen molar-refractivity contribution in [2.24, 2.45) is 5.10 Å². The Balaban J connectivity index is 1.53. The third-order valence-corrected chi connectivity index (χ3v) is 4.95. The van der Waals surface area contributed by atoms with E-state index in [9.17, 15) is 14.4 Å². The SMILES string of the molecule is CCOc1ccccc1NC(=O)C(=O)N/N=C\c1ccc(OCC(=O)Nc2ccc(Cl)cc2)c(OC)c1. The maximum atomic E-state index is 12.2. The number of hydrogen-bond acceptors (Lipinski definition) is 7. The van der Waals surface area contributed by atoms with Gasteiger partial charge in [-0.1, -0.05) is 23.7 Å². The zero-order valence-electron chi connectivity index (χ0n) is 20.1. The van der Waals surface area contributed by atoms with Gasteiger partial charge in [-0.3, -0.25) is 14.4 Å². The zero-order valence-corrected chi connectivity index (χ0v) is 20.9. The molecule has 0 saturated carbocycles. The van der Waals surface area contributed by atoms with Crippen LogP contribution in [0, 0.1) is 0 Å². The number of benzene rings is 3. The maximum Gasteiger partial charge on any atom is 0.329 e. The Morgan fingerprint density at radius 2 is 1.65 bits per heavy atom. The van der Waals surface area contributed by atoms with Gasteiger partial charge >= 0.3 is 11.8 Å². The van der Waals surface area contributed by atoms with Crippen molar-refractivity contribution in [3.63, 3.8) is 0 Å². The molecule has 192 valence electrons. The van der Waals surface area contributed by atoms with Gasteiger partial charge < -0.3 is 24.8 Å². The van der Waals surface area contributed by atoms with Crippen LogP contribution in [0.25, 0.3) is 0 Å². The monoisotopic (exact) mass is 524 g/mol. The van der Waals surface area contributed by atoms with Gasteiger partial charge in [-0.25, -0.2) is 5.43 Å². The largest absolute Gasteiger partial charge is 0.493 e. The molecular weight excluding hydrogens is 500 g/mol. The molecule has 0 aromatic heterocycles. The van der Waals surface area contributed by atoms with E-state index in [2.05, 4.69) is 21.2 Å². The van der Waals surface area contributed by atoms with Crippen molar-refractivity contribution >= 4 is 46.9 Å². The number of carbonyl (C=O) groups excluding carboxylic acids is 3. The molecule has 0 unspecified atom stereocenters. The molecule has 0 atom stereocenters. The van der Waals surface area contributed by atoms with Crippen LogP contribution in [0.1, 0.15) is 12.5 Å². The molecule has 3 N–H and O–H groups in total. The van der Waals surface area contributed by atoms with Crippen molar-refractivity contribution in [3.05, 3.63) is 77.3 Å². The summed E-state index contributed by atoms with van der Waals surface area (Å²) >= 11 is 5.84. The number of methoxy groups -OCH3 is 1. The first kappa shape index (κ1) is 27.0. The Hall–Kier alpha value is -4.57. The molecule has 0 bridgehead atoms. The summed E-state index contributed by atoms with van der Waals surface area (Å²) < 4.78 is 16.3. The summed E-state index contributed by atoms with van der Waals surface area (Å²) in [6.45, 7) is 1.98. The fourth-order valence-corrected chi connectivity index (χ4v) is 3.13. The Bertz CT molecular complexity index is 1280. The minimum atomic E-state index is -0.957. The summed E-state index contributed by atoms with van der Waals surface area (Å²) in [5, 5.41) is 9.55. The van der Waals surface area contributed by atoms with Crippen LogP contribution in [0.2, 0.25) is 5.02 Å². The summed E-state index contributed by atoms with van der Waals surface area (Å²) in [7, 11) is 1.45. The van der Waals surface area contributed by atoms with Gasteiger partial charge in [0.1, 0.15) is 5.75 Å². The maximum absolute atomic E-state index is 12.2. The van der Waals surface area contributed by atoms with Crippen LogP contribution in [0.3, 0.4) is 0 Å². The lowest BCUT2D eigenvalue weighted by atomic mass is 10.2. The molecular formula is C26H25ClN4O6. The second-order valence-corrected chi connectivity index (χ2v) is 7.77. The normalized spacial score (nSPS) is 10.5. The number of hydrazone groups is 1. The smallest absolute Gasteiger partial charge is 0.329 e. The van der Waals surface area contributed by atoms with Crippen molar-refractivity contribution in [2.75, 3.05) is 31.0 Å². The molecule has 0 radical (unpaired) electrons. The van der Waals surface area contributed by atoms with Crippen LogP contribution in [-0.2, 0) is 14.4 Å². The molecule has 0 aliphatic rings. The highest BCUT2D eigenvalue weighted by atomic mass is 35.5. The number of halogens is 1. The molecule has 3 aromatic rings. The predicted octanol–water partition coefficient (Wildman–Crippen LogP) is 3.85.